The van der Waals surface area contributed by atoms with Gasteiger partial charge < -0.3 is 14.5 Å². The highest BCUT2D eigenvalue weighted by Gasteiger charge is 2.41. The molecule has 0 aromatic carbocycles. The molecule has 0 N–H and O–H groups in total. The molecule has 2 amide bonds. The number of hydrogen-bond donors (Lipinski definition) is 0. The fourth-order valence-electron chi connectivity index (χ4n) is 3.68. The first-order chi connectivity index (χ1) is 12.7. The fraction of sp³-hybridized carbons (Fsp3) is 0.650. The predicted octanol–water partition coefficient (Wildman–Crippen LogP) is 3.13. The summed E-state index contributed by atoms with van der Waals surface area (Å²) in [5.74, 6) is -0.233. The van der Waals surface area contributed by atoms with Crippen molar-refractivity contribution < 1.29 is 18.7 Å². The zero-order valence-electron chi connectivity index (χ0n) is 16.3. The smallest absolute Gasteiger partial charge is 0.410 e. The molecule has 2 aliphatic rings. The molecule has 3 rings (SSSR count). The zero-order valence-corrected chi connectivity index (χ0v) is 16.3. The van der Waals surface area contributed by atoms with Crippen LogP contribution in [0, 0.1) is 5.92 Å². The van der Waals surface area contributed by atoms with Gasteiger partial charge in [-0.25, -0.2) is 9.18 Å². The number of nitrogens with zero attached hydrogens (tertiary/aromatic N) is 3. The highest BCUT2D eigenvalue weighted by molar-refractivity contribution is 5.81. The maximum atomic E-state index is 15.2. The minimum Gasteiger partial charge on any atom is -0.444 e. The Labute approximate surface area is 159 Å². The maximum Gasteiger partial charge on any atom is 0.410 e. The van der Waals surface area contributed by atoms with E-state index < -0.39 is 11.3 Å². The molecule has 0 saturated carbocycles. The highest BCUT2D eigenvalue weighted by atomic mass is 19.1. The molecule has 1 aromatic rings. The number of halogens is 1. The van der Waals surface area contributed by atoms with Crippen LogP contribution in [0.2, 0.25) is 0 Å². The van der Waals surface area contributed by atoms with Crippen LogP contribution in [0.5, 0.6) is 0 Å². The number of alkyl halides is 1. The summed E-state index contributed by atoms with van der Waals surface area (Å²) in [5, 5.41) is 0. The molecule has 2 aliphatic heterocycles. The van der Waals surface area contributed by atoms with E-state index in [0.29, 0.717) is 38.3 Å². The van der Waals surface area contributed by atoms with Crippen molar-refractivity contribution >= 4 is 12.0 Å². The van der Waals surface area contributed by atoms with Crippen molar-refractivity contribution in [1.82, 2.24) is 14.8 Å². The Balaban J connectivity index is 1.54. The topological polar surface area (TPSA) is 62.7 Å². The first-order valence-electron chi connectivity index (χ1n) is 9.55. The van der Waals surface area contributed by atoms with Gasteiger partial charge in [0.2, 0.25) is 5.91 Å². The van der Waals surface area contributed by atoms with Gasteiger partial charge in [-0.2, -0.15) is 0 Å². The van der Waals surface area contributed by atoms with E-state index in [-0.39, 0.29) is 30.8 Å². The molecular weight excluding hydrogens is 349 g/mol. The van der Waals surface area contributed by atoms with Crippen LogP contribution in [0.25, 0.3) is 0 Å². The van der Waals surface area contributed by atoms with E-state index in [0.717, 1.165) is 0 Å². The standard InChI is InChI=1S/C20H28FN3O3/c1-19(2,3)27-18(26)24-11-7-15(14-24)17(25)23-12-8-20(21,9-13-23)16-6-4-5-10-22-16/h4-6,10,15H,7-9,11-14H2,1-3H3/t15-/m0/s1. The molecule has 0 unspecified atom stereocenters. The molecule has 27 heavy (non-hydrogen) atoms. The highest BCUT2D eigenvalue weighted by Crippen LogP contribution is 2.36. The van der Waals surface area contributed by atoms with Crippen LogP contribution in [0.3, 0.4) is 0 Å². The van der Waals surface area contributed by atoms with Gasteiger partial charge in [0.15, 0.2) is 5.67 Å². The van der Waals surface area contributed by atoms with Crippen molar-refractivity contribution in [2.24, 2.45) is 5.92 Å². The monoisotopic (exact) mass is 377 g/mol. The Kier molecular flexibility index (Phi) is 5.40. The Morgan fingerprint density at radius 1 is 1.19 bits per heavy atom. The first-order valence-corrected chi connectivity index (χ1v) is 9.55. The first kappa shape index (κ1) is 19.6. The van der Waals surface area contributed by atoms with Gasteiger partial charge in [0.1, 0.15) is 5.60 Å². The van der Waals surface area contributed by atoms with Gasteiger partial charge in [0, 0.05) is 45.2 Å². The number of pyridine rings is 1. The molecule has 0 aliphatic carbocycles. The number of piperidine rings is 1. The van der Waals surface area contributed by atoms with Gasteiger partial charge >= 0.3 is 6.09 Å². The molecule has 1 aromatic heterocycles. The van der Waals surface area contributed by atoms with Gasteiger partial charge in [-0.1, -0.05) is 6.07 Å². The number of rotatable bonds is 2. The lowest BCUT2D eigenvalue weighted by atomic mass is 9.89. The van der Waals surface area contributed by atoms with Crippen molar-refractivity contribution in [3.05, 3.63) is 30.1 Å². The van der Waals surface area contributed by atoms with Crippen molar-refractivity contribution in [2.45, 2.75) is 51.3 Å². The average Bonchev–Trinajstić information content (AvgIpc) is 3.11. The van der Waals surface area contributed by atoms with Gasteiger partial charge in [0.25, 0.3) is 0 Å². The van der Waals surface area contributed by atoms with Crippen molar-refractivity contribution in [2.75, 3.05) is 26.2 Å². The van der Waals surface area contributed by atoms with Crippen LogP contribution < -0.4 is 0 Å². The number of carbonyl (C=O) groups is 2. The molecule has 2 saturated heterocycles. The van der Waals surface area contributed by atoms with E-state index >= 15 is 4.39 Å². The Bertz CT molecular complexity index is 681. The normalized spacial score (nSPS) is 22.6. The number of hydrogen-bond acceptors (Lipinski definition) is 4. The Hall–Kier alpha value is -2.18. The summed E-state index contributed by atoms with van der Waals surface area (Å²) >= 11 is 0. The third-order valence-corrected chi connectivity index (χ3v) is 5.18. The van der Waals surface area contributed by atoms with Crippen LogP contribution in [0.15, 0.2) is 24.4 Å². The number of ether oxygens (including phenoxy) is 1. The second kappa shape index (κ2) is 7.44. The largest absolute Gasteiger partial charge is 0.444 e. The second-order valence-corrected chi connectivity index (χ2v) is 8.42. The summed E-state index contributed by atoms with van der Waals surface area (Å²) in [7, 11) is 0. The van der Waals surface area contributed by atoms with E-state index in [1.807, 2.05) is 20.8 Å². The molecule has 0 radical (unpaired) electrons. The lowest BCUT2D eigenvalue weighted by Crippen LogP contribution is -2.46. The van der Waals surface area contributed by atoms with E-state index in [4.69, 9.17) is 4.74 Å². The molecule has 0 spiro atoms. The van der Waals surface area contributed by atoms with Crippen molar-refractivity contribution in [3.63, 3.8) is 0 Å². The predicted molar refractivity (Wildman–Crippen MR) is 98.8 cm³/mol. The summed E-state index contributed by atoms with van der Waals surface area (Å²) in [6.07, 6.45) is 2.33. The summed E-state index contributed by atoms with van der Waals surface area (Å²) in [4.78, 5) is 32.4. The quantitative estimate of drug-likeness (QED) is 0.794. The van der Waals surface area contributed by atoms with E-state index in [9.17, 15) is 9.59 Å². The van der Waals surface area contributed by atoms with Crippen molar-refractivity contribution in [1.29, 1.82) is 0 Å². The van der Waals surface area contributed by atoms with Crippen molar-refractivity contribution in [3.8, 4) is 0 Å². The molecule has 6 nitrogen and oxygen atoms in total. The van der Waals surface area contributed by atoms with Gasteiger partial charge in [0.05, 0.1) is 11.6 Å². The molecule has 3 heterocycles. The number of likely N-dealkylation sites (tertiary alicyclic amines) is 2. The van der Waals surface area contributed by atoms with Crippen LogP contribution in [0.1, 0.15) is 45.7 Å². The second-order valence-electron chi connectivity index (χ2n) is 8.42. The average molecular weight is 377 g/mol. The third-order valence-electron chi connectivity index (χ3n) is 5.18. The lowest BCUT2D eigenvalue weighted by Gasteiger charge is -2.37. The molecule has 2 fully saturated rings. The molecule has 0 bridgehead atoms. The van der Waals surface area contributed by atoms with Gasteiger partial charge in [-0.15, -0.1) is 0 Å². The number of carbonyl (C=O) groups excluding carboxylic acids is 2. The van der Waals surface area contributed by atoms with Crippen LogP contribution >= 0.6 is 0 Å². The number of amides is 2. The van der Waals surface area contributed by atoms with Gasteiger partial charge in [-0.05, 0) is 39.3 Å². The molecule has 148 valence electrons. The van der Waals surface area contributed by atoms with E-state index in [2.05, 4.69) is 4.98 Å². The summed E-state index contributed by atoms with van der Waals surface area (Å²) in [6, 6.07) is 5.25. The lowest BCUT2D eigenvalue weighted by molar-refractivity contribution is -0.138. The van der Waals surface area contributed by atoms with Crippen LogP contribution in [-0.2, 0) is 15.2 Å². The maximum absolute atomic E-state index is 15.2. The van der Waals surface area contributed by atoms with E-state index in [1.54, 1.807) is 34.2 Å². The van der Waals surface area contributed by atoms with Gasteiger partial charge in [-0.3, -0.25) is 9.78 Å². The summed E-state index contributed by atoms with van der Waals surface area (Å²) in [5.41, 5.74) is -1.59. The Morgan fingerprint density at radius 3 is 2.48 bits per heavy atom. The minimum absolute atomic E-state index is 0.00382. The molecular formula is C20H28FN3O3. The summed E-state index contributed by atoms with van der Waals surface area (Å²) in [6.45, 7) is 7.08. The number of aromatic nitrogens is 1. The zero-order chi connectivity index (χ0) is 19.7. The minimum atomic E-state index is -1.48. The fourth-order valence-corrected chi connectivity index (χ4v) is 3.68. The molecule has 1 atom stereocenters. The van der Waals surface area contributed by atoms with E-state index in [1.165, 1.54) is 0 Å². The SMILES string of the molecule is CC(C)(C)OC(=O)N1CC[C@H](C(=O)N2CCC(F)(c3ccccn3)CC2)C1. The van der Waals surface area contributed by atoms with Crippen LogP contribution in [0.4, 0.5) is 9.18 Å². The third kappa shape index (κ3) is 4.57. The van der Waals surface area contributed by atoms with Crippen LogP contribution in [-0.4, -0.2) is 58.6 Å². The summed E-state index contributed by atoms with van der Waals surface area (Å²) < 4.78 is 20.6. The molecule has 7 heteroatoms. The Morgan fingerprint density at radius 2 is 1.89 bits per heavy atom.